The standard InChI is InChI=1S/C25H24N4O4S2/c1-28-9-11-29(12-10-28)25(31)18-8-7-17-13-20(24(30)27-21(17)14-18)22-15-34-23(26-22)16-35(32,33)19-5-3-2-4-6-19/h2-8,13-15H,9-12,16H2,1H3,(H,27,30). The van der Waals surface area contributed by atoms with Crippen LogP contribution in [-0.4, -0.2) is 67.3 Å². The van der Waals surface area contributed by atoms with Crippen LogP contribution >= 0.6 is 11.3 Å². The van der Waals surface area contributed by atoms with E-state index in [0.29, 0.717) is 40.4 Å². The summed E-state index contributed by atoms with van der Waals surface area (Å²) in [6.07, 6.45) is 0. The van der Waals surface area contributed by atoms with Crippen LogP contribution in [0.25, 0.3) is 22.2 Å². The molecule has 2 aromatic carbocycles. The Morgan fingerprint density at radius 3 is 2.54 bits per heavy atom. The van der Waals surface area contributed by atoms with E-state index in [1.54, 1.807) is 53.9 Å². The van der Waals surface area contributed by atoms with Crippen molar-refractivity contribution in [2.45, 2.75) is 10.6 Å². The van der Waals surface area contributed by atoms with Gasteiger partial charge in [-0.2, -0.15) is 0 Å². The Hall–Kier alpha value is -3.34. The summed E-state index contributed by atoms with van der Waals surface area (Å²) < 4.78 is 25.3. The van der Waals surface area contributed by atoms with Crippen LogP contribution in [-0.2, 0) is 15.6 Å². The molecule has 1 fully saturated rings. The highest BCUT2D eigenvalue weighted by molar-refractivity contribution is 7.90. The minimum Gasteiger partial charge on any atom is -0.336 e. The predicted molar refractivity (Wildman–Crippen MR) is 136 cm³/mol. The molecule has 0 aliphatic carbocycles. The lowest BCUT2D eigenvalue weighted by Gasteiger charge is -2.32. The Kier molecular flexibility index (Phi) is 6.26. The molecule has 1 amide bonds. The Bertz CT molecular complexity index is 1550. The minimum absolute atomic E-state index is 0.0475. The van der Waals surface area contributed by atoms with Crippen molar-refractivity contribution in [1.29, 1.82) is 0 Å². The molecular formula is C25H24N4O4S2. The summed E-state index contributed by atoms with van der Waals surface area (Å²) in [5, 5.41) is 2.87. The summed E-state index contributed by atoms with van der Waals surface area (Å²) in [5.41, 5.74) is 1.54. The fourth-order valence-electron chi connectivity index (χ4n) is 4.09. The number of likely N-dealkylation sites (N-methyl/N-ethyl adjacent to an activating group) is 1. The normalized spacial score (nSPS) is 14.9. The first-order valence-corrected chi connectivity index (χ1v) is 13.7. The lowest BCUT2D eigenvalue weighted by molar-refractivity contribution is 0.0664. The van der Waals surface area contributed by atoms with Gasteiger partial charge in [-0.15, -0.1) is 11.3 Å². The van der Waals surface area contributed by atoms with Crippen molar-refractivity contribution >= 4 is 38.0 Å². The monoisotopic (exact) mass is 508 g/mol. The van der Waals surface area contributed by atoms with E-state index in [9.17, 15) is 18.0 Å². The van der Waals surface area contributed by atoms with Gasteiger partial charge >= 0.3 is 0 Å². The van der Waals surface area contributed by atoms with Crippen molar-refractivity contribution in [3.8, 4) is 11.3 Å². The first kappa shape index (κ1) is 23.4. The molecule has 1 aliphatic rings. The van der Waals surface area contributed by atoms with Crippen LogP contribution in [0.15, 0.2) is 69.7 Å². The number of thiazole rings is 1. The number of hydrogen-bond donors (Lipinski definition) is 1. The van der Waals surface area contributed by atoms with Gasteiger partial charge in [-0.05, 0) is 42.8 Å². The fraction of sp³-hybridized carbons (Fsp3) is 0.240. The number of aromatic nitrogens is 2. The van der Waals surface area contributed by atoms with Gasteiger partial charge in [0.25, 0.3) is 11.5 Å². The van der Waals surface area contributed by atoms with Gasteiger partial charge < -0.3 is 14.8 Å². The average Bonchev–Trinajstić information content (AvgIpc) is 3.31. The molecule has 2 aromatic heterocycles. The van der Waals surface area contributed by atoms with E-state index >= 15 is 0 Å². The Labute approximate surface area is 206 Å². The van der Waals surface area contributed by atoms with Crippen molar-refractivity contribution in [3.63, 3.8) is 0 Å². The van der Waals surface area contributed by atoms with Gasteiger partial charge in [0, 0.05) is 42.6 Å². The number of amides is 1. The SMILES string of the molecule is CN1CCN(C(=O)c2ccc3cc(-c4csc(CS(=O)(=O)c5ccccc5)n4)c(=O)[nH]c3c2)CC1. The molecule has 0 atom stereocenters. The third-order valence-electron chi connectivity index (χ3n) is 6.13. The van der Waals surface area contributed by atoms with Crippen LogP contribution in [0.4, 0.5) is 0 Å². The lowest BCUT2D eigenvalue weighted by atomic mass is 10.1. The van der Waals surface area contributed by atoms with Crippen molar-refractivity contribution in [3.05, 3.63) is 80.9 Å². The first-order valence-electron chi connectivity index (χ1n) is 11.2. The summed E-state index contributed by atoms with van der Waals surface area (Å²) in [7, 11) is -1.49. The van der Waals surface area contributed by atoms with Gasteiger partial charge in [-0.1, -0.05) is 24.3 Å². The Morgan fingerprint density at radius 1 is 1.06 bits per heavy atom. The molecule has 4 aromatic rings. The van der Waals surface area contributed by atoms with Crippen LogP contribution in [0.3, 0.4) is 0 Å². The Balaban J connectivity index is 1.39. The average molecular weight is 509 g/mol. The highest BCUT2D eigenvalue weighted by Gasteiger charge is 2.21. The van der Waals surface area contributed by atoms with E-state index < -0.39 is 9.84 Å². The number of pyridine rings is 1. The van der Waals surface area contributed by atoms with Crippen LogP contribution in [0, 0.1) is 0 Å². The van der Waals surface area contributed by atoms with Gasteiger partial charge in [-0.25, -0.2) is 13.4 Å². The second kappa shape index (κ2) is 9.37. The quantitative estimate of drug-likeness (QED) is 0.445. The number of hydrogen-bond acceptors (Lipinski definition) is 7. The van der Waals surface area contributed by atoms with Crippen molar-refractivity contribution in [1.82, 2.24) is 19.8 Å². The highest BCUT2D eigenvalue weighted by Crippen LogP contribution is 2.25. The second-order valence-corrected chi connectivity index (χ2v) is 11.5. The molecule has 35 heavy (non-hydrogen) atoms. The molecular weight excluding hydrogens is 484 g/mol. The topological polar surface area (TPSA) is 103 Å². The van der Waals surface area contributed by atoms with E-state index in [1.165, 1.54) is 11.3 Å². The van der Waals surface area contributed by atoms with Crippen LogP contribution in [0.1, 0.15) is 15.4 Å². The van der Waals surface area contributed by atoms with E-state index in [2.05, 4.69) is 14.9 Å². The zero-order chi connectivity index (χ0) is 24.6. The molecule has 0 bridgehead atoms. The maximum absolute atomic E-state index is 12.9. The Morgan fingerprint density at radius 2 is 1.80 bits per heavy atom. The maximum atomic E-state index is 12.9. The zero-order valence-electron chi connectivity index (χ0n) is 19.1. The number of piperazine rings is 1. The molecule has 3 heterocycles. The first-order chi connectivity index (χ1) is 16.8. The molecule has 0 radical (unpaired) electrons. The predicted octanol–water partition coefficient (Wildman–Crippen LogP) is 3.01. The third-order valence-corrected chi connectivity index (χ3v) is 8.80. The second-order valence-electron chi connectivity index (χ2n) is 8.61. The number of benzene rings is 2. The third kappa shape index (κ3) is 4.90. The van der Waals surface area contributed by atoms with E-state index in [0.717, 1.165) is 18.5 Å². The summed E-state index contributed by atoms with van der Waals surface area (Å²) >= 11 is 1.21. The zero-order valence-corrected chi connectivity index (χ0v) is 20.7. The number of aromatic amines is 1. The van der Waals surface area contributed by atoms with Crippen LogP contribution in [0.5, 0.6) is 0 Å². The van der Waals surface area contributed by atoms with E-state index in [-0.39, 0.29) is 22.1 Å². The van der Waals surface area contributed by atoms with Crippen molar-refractivity contribution in [2.75, 3.05) is 33.2 Å². The number of nitrogens with zero attached hydrogens (tertiary/aromatic N) is 3. The maximum Gasteiger partial charge on any atom is 0.257 e. The number of nitrogens with one attached hydrogen (secondary N) is 1. The molecule has 8 nitrogen and oxygen atoms in total. The van der Waals surface area contributed by atoms with Gasteiger partial charge in [-0.3, -0.25) is 9.59 Å². The molecule has 10 heteroatoms. The van der Waals surface area contributed by atoms with Crippen molar-refractivity contribution in [2.24, 2.45) is 0 Å². The molecule has 5 rings (SSSR count). The molecule has 0 saturated carbocycles. The minimum atomic E-state index is -3.53. The van der Waals surface area contributed by atoms with Crippen molar-refractivity contribution < 1.29 is 13.2 Å². The van der Waals surface area contributed by atoms with Gasteiger partial charge in [0.05, 0.1) is 16.2 Å². The molecule has 0 spiro atoms. The number of sulfone groups is 1. The van der Waals surface area contributed by atoms with Gasteiger partial charge in [0.2, 0.25) is 0 Å². The molecule has 180 valence electrons. The number of fused-ring (bicyclic) bond motifs is 1. The summed E-state index contributed by atoms with van der Waals surface area (Å²) in [6.45, 7) is 3.02. The van der Waals surface area contributed by atoms with E-state index in [1.807, 2.05) is 18.0 Å². The van der Waals surface area contributed by atoms with E-state index in [4.69, 9.17) is 0 Å². The lowest BCUT2D eigenvalue weighted by Crippen LogP contribution is -2.47. The number of rotatable bonds is 5. The number of carbonyl (C=O) groups excluding carboxylic acids is 1. The van der Waals surface area contributed by atoms with Crippen LogP contribution < -0.4 is 5.56 Å². The molecule has 1 saturated heterocycles. The molecule has 1 N–H and O–H groups in total. The highest BCUT2D eigenvalue weighted by atomic mass is 32.2. The van der Waals surface area contributed by atoms with Gasteiger partial charge in [0.15, 0.2) is 9.84 Å². The summed E-state index contributed by atoms with van der Waals surface area (Å²) in [5.74, 6) is -0.279. The summed E-state index contributed by atoms with van der Waals surface area (Å²) in [6, 6.07) is 15.2. The summed E-state index contributed by atoms with van der Waals surface area (Å²) in [4.78, 5) is 37.3. The smallest absolute Gasteiger partial charge is 0.257 e. The largest absolute Gasteiger partial charge is 0.336 e. The fourth-order valence-corrected chi connectivity index (χ4v) is 6.54. The molecule has 1 aliphatic heterocycles. The van der Waals surface area contributed by atoms with Crippen LogP contribution in [0.2, 0.25) is 0 Å². The van der Waals surface area contributed by atoms with Gasteiger partial charge in [0.1, 0.15) is 10.8 Å². The molecule has 0 unspecified atom stereocenters. The number of carbonyl (C=O) groups is 1. The number of H-pyrrole nitrogens is 1.